The molecule has 8 rings (SSSR count). The molecule has 0 fully saturated rings. The van der Waals surface area contributed by atoms with E-state index in [9.17, 15) is 0 Å². The highest BCUT2D eigenvalue weighted by atomic mass is 16.3. The standard InChI is InChI=1S/C37H24N2O/c1-3-10-26(11-4-1)30-15-9-16-33-36(30)40-37(38-33)27-20-18-25(19-21-27)28-22-23-35-32(24-28)31-14-7-8-17-34(31)39(35)29-12-5-2-6-13-29/h1-24H. The summed E-state index contributed by atoms with van der Waals surface area (Å²) in [6.07, 6.45) is 0. The van der Waals surface area contributed by atoms with E-state index in [1.54, 1.807) is 0 Å². The van der Waals surface area contributed by atoms with Crippen LogP contribution in [0.1, 0.15) is 0 Å². The molecule has 0 N–H and O–H groups in total. The SMILES string of the molecule is c1ccc(-c2cccc3nc(-c4ccc(-c5ccc6c(c5)c5ccccc5n6-c5ccccc5)cc4)oc23)cc1. The van der Waals surface area contributed by atoms with Gasteiger partial charge in [-0.05, 0) is 65.2 Å². The predicted molar refractivity (Wildman–Crippen MR) is 165 cm³/mol. The first kappa shape index (κ1) is 22.6. The predicted octanol–water partition coefficient (Wildman–Crippen LogP) is 9.93. The normalized spacial score (nSPS) is 11.5. The largest absolute Gasteiger partial charge is 0.435 e. The van der Waals surface area contributed by atoms with E-state index in [2.05, 4.69) is 120 Å². The molecule has 188 valence electrons. The Labute approximate surface area is 231 Å². The van der Waals surface area contributed by atoms with Crippen molar-refractivity contribution in [1.29, 1.82) is 0 Å². The molecule has 3 heteroatoms. The van der Waals surface area contributed by atoms with Gasteiger partial charge in [-0.3, -0.25) is 0 Å². The third kappa shape index (κ3) is 3.63. The summed E-state index contributed by atoms with van der Waals surface area (Å²) in [6, 6.07) is 50.8. The summed E-state index contributed by atoms with van der Waals surface area (Å²) in [5, 5.41) is 2.49. The van der Waals surface area contributed by atoms with Crippen LogP contribution >= 0.6 is 0 Å². The van der Waals surface area contributed by atoms with Gasteiger partial charge in [0.25, 0.3) is 0 Å². The van der Waals surface area contributed by atoms with Crippen molar-refractivity contribution in [2.75, 3.05) is 0 Å². The maximum Gasteiger partial charge on any atom is 0.227 e. The molecule has 2 heterocycles. The van der Waals surface area contributed by atoms with Gasteiger partial charge in [-0.25, -0.2) is 4.98 Å². The average molecular weight is 513 g/mol. The third-order valence-corrected chi connectivity index (χ3v) is 7.65. The van der Waals surface area contributed by atoms with Gasteiger partial charge < -0.3 is 8.98 Å². The Morgan fingerprint density at radius 1 is 0.475 bits per heavy atom. The Morgan fingerprint density at radius 2 is 1.15 bits per heavy atom. The lowest BCUT2D eigenvalue weighted by atomic mass is 10.0. The Kier molecular flexibility index (Phi) is 5.14. The zero-order valence-corrected chi connectivity index (χ0v) is 21.7. The topological polar surface area (TPSA) is 31.0 Å². The van der Waals surface area contributed by atoms with E-state index in [1.165, 1.54) is 33.1 Å². The summed E-state index contributed by atoms with van der Waals surface area (Å²) in [6.45, 7) is 0. The highest BCUT2D eigenvalue weighted by Crippen LogP contribution is 2.36. The number of hydrogen-bond donors (Lipinski definition) is 0. The maximum absolute atomic E-state index is 6.32. The number of rotatable bonds is 4. The van der Waals surface area contributed by atoms with E-state index in [1.807, 2.05) is 30.3 Å². The van der Waals surface area contributed by atoms with Gasteiger partial charge in [0.2, 0.25) is 5.89 Å². The maximum atomic E-state index is 6.32. The van der Waals surface area contributed by atoms with Gasteiger partial charge in [-0.2, -0.15) is 0 Å². The van der Waals surface area contributed by atoms with Gasteiger partial charge in [0, 0.05) is 27.6 Å². The molecule has 8 aromatic rings. The minimum absolute atomic E-state index is 0.631. The van der Waals surface area contributed by atoms with Crippen LogP contribution in [-0.4, -0.2) is 9.55 Å². The number of fused-ring (bicyclic) bond motifs is 4. The minimum atomic E-state index is 0.631. The molecule has 0 aliphatic carbocycles. The van der Waals surface area contributed by atoms with Gasteiger partial charge in [-0.1, -0.05) is 97.1 Å². The molecule has 0 aliphatic heterocycles. The second-order valence-corrected chi connectivity index (χ2v) is 10.0. The molecule has 0 unspecified atom stereocenters. The molecular formula is C37H24N2O. The summed E-state index contributed by atoms with van der Waals surface area (Å²) in [4.78, 5) is 4.81. The van der Waals surface area contributed by atoms with Gasteiger partial charge in [0.1, 0.15) is 5.52 Å². The second kappa shape index (κ2) is 9.11. The molecule has 0 saturated heterocycles. The minimum Gasteiger partial charge on any atom is -0.435 e. The fourth-order valence-corrected chi connectivity index (χ4v) is 5.73. The van der Waals surface area contributed by atoms with Crippen molar-refractivity contribution < 1.29 is 4.42 Å². The van der Waals surface area contributed by atoms with Crippen LogP contribution in [0.2, 0.25) is 0 Å². The third-order valence-electron chi connectivity index (χ3n) is 7.65. The summed E-state index contributed by atoms with van der Waals surface area (Å²) in [7, 11) is 0. The van der Waals surface area contributed by atoms with Crippen molar-refractivity contribution in [2.24, 2.45) is 0 Å². The summed E-state index contributed by atoms with van der Waals surface area (Å²) < 4.78 is 8.66. The lowest BCUT2D eigenvalue weighted by Crippen LogP contribution is -1.92. The summed E-state index contributed by atoms with van der Waals surface area (Å²) >= 11 is 0. The van der Waals surface area contributed by atoms with Crippen molar-refractivity contribution >= 4 is 32.9 Å². The Morgan fingerprint density at radius 3 is 1.98 bits per heavy atom. The van der Waals surface area contributed by atoms with E-state index >= 15 is 0 Å². The molecule has 0 amide bonds. The highest BCUT2D eigenvalue weighted by molar-refractivity contribution is 6.10. The van der Waals surface area contributed by atoms with Crippen molar-refractivity contribution in [2.45, 2.75) is 0 Å². The van der Waals surface area contributed by atoms with Gasteiger partial charge in [-0.15, -0.1) is 0 Å². The smallest absolute Gasteiger partial charge is 0.227 e. The van der Waals surface area contributed by atoms with Crippen molar-refractivity contribution in [1.82, 2.24) is 9.55 Å². The first-order valence-electron chi connectivity index (χ1n) is 13.5. The van der Waals surface area contributed by atoms with E-state index < -0.39 is 0 Å². The Hall–Kier alpha value is -5.41. The molecule has 0 spiro atoms. The van der Waals surface area contributed by atoms with Crippen LogP contribution in [0, 0.1) is 0 Å². The number of oxazole rings is 1. The van der Waals surface area contributed by atoms with E-state index in [4.69, 9.17) is 9.40 Å². The molecule has 2 aromatic heterocycles. The molecule has 0 saturated carbocycles. The molecule has 3 nitrogen and oxygen atoms in total. The molecule has 0 radical (unpaired) electrons. The van der Waals surface area contributed by atoms with Crippen molar-refractivity contribution in [3.63, 3.8) is 0 Å². The van der Waals surface area contributed by atoms with Crippen LogP contribution in [0.3, 0.4) is 0 Å². The Balaban J connectivity index is 1.19. The number of hydrogen-bond acceptors (Lipinski definition) is 2. The Bertz CT molecular complexity index is 2140. The first-order valence-corrected chi connectivity index (χ1v) is 13.5. The zero-order valence-electron chi connectivity index (χ0n) is 21.7. The van der Waals surface area contributed by atoms with E-state index in [0.717, 1.165) is 33.4 Å². The van der Waals surface area contributed by atoms with Gasteiger partial charge in [0.05, 0.1) is 11.0 Å². The molecule has 0 atom stereocenters. The van der Waals surface area contributed by atoms with Crippen molar-refractivity contribution in [3.05, 3.63) is 146 Å². The molecule has 40 heavy (non-hydrogen) atoms. The second-order valence-electron chi connectivity index (χ2n) is 10.0. The zero-order chi connectivity index (χ0) is 26.5. The van der Waals surface area contributed by atoms with Crippen LogP contribution in [0.4, 0.5) is 0 Å². The van der Waals surface area contributed by atoms with E-state index in [0.29, 0.717) is 5.89 Å². The summed E-state index contributed by atoms with van der Waals surface area (Å²) in [5.41, 5.74) is 10.7. The summed E-state index contributed by atoms with van der Waals surface area (Å²) in [5.74, 6) is 0.631. The highest BCUT2D eigenvalue weighted by Gasteiger charge is 2.15. The van der Waals surface area contributed by atoms with Crippen LogP contribution in [-0.2, 0) is 0 Å². The average Bonchev–Trinajstić information content (AvgIpc) is 3.61. The number of benzene rings is 6. The number of aromatic nitrogens is 2. The fraction of sp³-hybridized carbons (Fsp3) is 0. The lowest BCUT2D eigenvalue weighted by molar-refractivity contribution is 0.621. The van der Waals surface area contributed by atoms with Crippen LogP contribution < -0.4 is 0 Å². The van der Waals surface area contributed by atoms with E-state index in [-0.39, 0.29) is 0 Å². The quantitative estimate of drug-likeness (QED) is 0.235. The van der Waals surface area contributed by atoms with Gasteiger partial charge >= 0.3 is 0 Å². The lowest BCUT2D eigenvalue weighted by Gasteiger charge is -2.08. The molecule has 6 aromatic carbocycles. The number of nitrogens with zero attached hydrogens (tertiary/aromatic N) is 2. The fourth-order valence-electron chi connectivity index (χ4n) is 5.73. The number of para-hydroxylation sites is 3. The van der Waals surface area contributed by atoms with Crippen molar-refractivity contribution in [3.8, 4) is 39.4 Å². The monoisotopic (exact) mass is 512 g/mol. The molecule has 0 aliphatic rings. The van der Waals surface area contributed by atoms with Crippen LogP contribution in [0.5, 0.6) is 0 Å². The van der Waals surface area contributed by atoms with Crippen LogP contribution in [0.15, 0.2) is 150 Å². The van der Waals surface area contributed by atoms with Crippen LogP contribution in [0.25, 0.3) is 72.3 Å². The first-order chi connectivity index (χ1) is 19.8. The molecular weight excluding hydrogens is 488 g/mol. The van der Waals surface area contributed by atoms with Gasteiger partial charge in [0.15, 0.2) is 5.58 Å². The molecule has 0 bridgehead atoms.